The topological polar surface area (TPSA) is 96.9 Å². The molecule has 1 amide bonds. The van der Waals surface area contributed by atoms with E-state index in [1.54, 1.807) is 0 Å². The van der Waals surface area contributed by atoms with Crippen molar-refractivity contribution >= 4 is 39.9 Å². The number of hydrogen-bond acceptors (Lipinski definition) is 8. The highest BCUT2D eigenvalue weighted by atomic mass is 32.1. The first kappa shape index (κ1) is 20.4. The van der Waals surface area contributed by atoms with Gasteiger partial charge in [-0.05, 0) is 42.8 Å². The molecule has 1 aromatic heterocycles. The van der Waals surface area contributed by atoms with Gasteiger partial charge >= 0.3 is 0 Å². The van der Waals surface area contributed by atoms with E-state index in [0.29, 0.717) is 10.8 Å². The molecule has 0 radical (unpaired) electrons. The Bertz CT molecular complexity index is 1140. The molecule has 0 fully saturated rings. The first-order valence-corrected chi connectivity index (χ1v) is 10.4. The molecule has 0 aliphatic carbocycles. The molecule has 1 aliphatic rings. The van der Waals surface area contributed by atoms with Crippen LogP contribution in [0.5, 0.6) is 11.5 Å². The Morgan fingerprint density at radius 2 is 1.97 bits per heavy atom. The SMILES string of the molecule is CC(=O)NNc1nc(C)c(C(/C=C/c2ccc3c(c2)OCO3)=N/Nc2ccccc2)s1. The minimum Gasteiger partial charge on any atom is -0.454 e. The summed E-state index contributed by atoms with van der Waals surface area (Å²) in [5.41, 5.74) is 11.8. The summed E-state index contributed by atoms with van der Waals surface area (Å²) in [6.45, 7) is 3.57. The molecule has 31 heavy (non-hydrogen) atoms. The summed E-state index contributed by atoms with van der Waals surface area (Å²) in [5, 5.41) is 5.18. The molecule has 0 saturated heterocycles. The van der Waals surface area contributed by atoms with Crippen LogP contribution in [0.1, 0.15) is 23.1 Å². The fourth-order valence-corrected chi connectivity index (χ4v) is 3.71. The van der Waals surface area contributed by atoms with E-state index in [1.165, 1.54) is 18.3 Å². The predicted molar refractivity (Wildman–Crippen MR) is 122 cm³/mol. The van der Waals surface area contributed by atoms with Crippen molar-refractivity contribution in [3.05, 3.63) is 70.7 Å². The molecule has 9 heteroatoms. The quantitative estimate of drug-likeness (QED) is 0.381. The third-order valence-corrected chi connectivity index (χ3v) is 5.38. The molecular formula is C22H21N5O3S. The molecule has 0 bridgehead atoms. The second-order valence-corrected chi connectivity index (χ2v) is 7.66. The summed E-state index contributed by atoms with van der Waals surface area (Å²) in [4.78, 5) is 16.5. The van der Waals surface area contributed by atoms with Crippen molar-refractivity contribution in [1.82, 2.24) is 10.4 Å². The van der Waals surface area contributed by atoms with Crippen molar-refractivity contribution in [2.24, 2.45) is 5.10 Å². The fraction of sp³-hybridized carbons (Fsp3) is 0.136. The van der Waals surface area contributed by atoms with Gasteiger partial charge in [0.05, 0.1) is 16.3 Å². The van der Waals surface area contributed by atoms with Gasteiger partial charge in [-0.1, -0.05) is 41.7 Å². The lowest BCUT2D eigenvalue weighted by Crippen LogP contribution is -2.26. The van der Waals surface area contributed by atoms with Crippen molar-refractivity contribution < 1.29 is 14.3 Å². The Kier molecular flexibility index (Phi) is 6.13. The maximum absolute atomic E-state index is 11.2. The second kappa shape index (κ2) is 9.31. The Morgan fingerprint density at radius 3 is 2.77 bits per heavy atom. The summed E-state index contributed by atoms with van der Waals surface area (Å²) in [5.74, 6) is 1.26. The molecule has 2 aromatic carbocycles. The average Bonchev–Trinajstić information content (AvgIpc) is 3.39. The van der Waals surface area contributed by atoms with Gasteiger partial charge in [0.15, 0.2) is 11.5 Å². The molecular weight excluding hydrogens is 414 g/mol. The number of aromatic nitrogens is 1. The molecule has 3 N–H and O–H groups in total. The van der Waals surface area contributed by atoms with E-state index in [9.17, 15) is 4.79 Å². The zero-order chi connectivity index (χ0) is 21.6. The van der Waals surface area contributed by atoms with Gasteiger partial charge in [-0.25, -0.2) is 4.98 Å². The predicted octanol–water partition coefficient (Wildman–Crippen LogP) is 4.17. The highest BCUT2D eigenvalue weighted by molar-refractivity contribution is 7.17. The minimum absolute atomic E-state index is 0.197. The summed E-state index contributed by atoms with van der Waals surface area (Å²) >= 11 is 1.40. The van der Waals surface area contributed by atoms with Crippen LogP contribution in [0, 0.1) is 6.92 Å². The van der Waals surface area contributed by atoms with Gasteiger partial charge in [-0.2, -0.15) is 5.10 Å². The number of anilines is 2. The number of aryl methyl sites for hydroxylation is 1. The van der Waals surface area contributed by atoms with Crippen molar-refractivity contribution in [1.29, 1.82) is 0 Å². The van der Waals surface area contributed by atoms with Crippen LogP contribution in [0.25, 0.3) is 6.08 Å². The minimum atomic E-state index is -0.197. The largest absolute Gasteiger partial charge is 0.454 e. The number of thiazole rings is 1. The molecule has 0 unspecified atom stereocenters. The van der Waals surface area contributed by atoms with Crippen LogP contribution in [0.3, 0.4) is 0 Å². The molecule has 2 heterocycles. The number of amides is 1. The first-order chi connectivity index (χ1) is 15.1. The molecule has 158 valence electrons. The Hall–Kier alpha value is -3.85. The van der Waals surface area contributed by atoms with Gasteiger partial charge in [-0.15, -0.1) is 0 Å². The molecule has 4 rings (SSSR count). The standard InChI is InChI=1S/C22H21N5O3S/c1-14-21(31-22(23-14)27-24-15(2)28)18(26-25-17-6-4-3-5-7-17)10-8-16-9-11-19-20(12-16)30-13-29-19/h3-12,25H,13H2,1-2H3,(H,23,27)(H,24,28)/b10-8+,26-18+. The Balaban J connectivity index is 1.62. The molecule has 8 nitrogen and oxygen atoms in total. The van der Waals surface area contributed by atoms with E-state index < -0.39 is 0 Å². The Labute approximate surface area is 183 Å². The number of carbonyl (C=O) groups is 1. The number of nitrogens with one attached hydrogen (secondary N) is 3. The number of para-hydroxylation sites is 1. The Morgan fingerprint density at radius 1 is 1.16 bits per heavy atom. The smallest absolute Gasteiger partial charge is 0.235 e. The van der Waals surface area contributed by atoms with Crippen molar-refractivity contribution in [2.75, 3.05) is 17.6 Å². The number of hydrazone groups is 1. The van der Waals surface area contributed by atoms with E-state index in [-0.39, 0.29) is 12.7 Å². The number of rotatable bonds is 7. The lowest BCUT2D eigenvalue weighted by molar-refractivity contribution is -0.118. The monoisotopic (exact) mass is 435 g/mol. The summed E-state index contributed by atoms with van der Waals surface area (Å²) in [6.07, 6.45) is 3.86. The van der Waals surface area contributed by atoms with Crippen molar-refractivity contribution in [3.8, 4) is 11.5 Å². The van der Waals surface area contributed by atoms with E-state index >= 15 is 0 Å². The van der Waals surface area contributed by atoms with E-state index in [2.05, 4.69) is 26.4 Å². The maximum Gasteiger partial charge on any atom is 0.235 e. The van der Waals surface area contributed by atoms with Crippen LogP contribution in [0.15, 0.2) is 59.7 Å². The molecule has 3 aromatic rings. The number of hydrogen-bond donors (Lipinski definition) is 3. The fourth-order valence-electron chi connectivity index (χ4n) is 2.82. The van der Waals surface area contributed by atoms with Crippen LogP contribution in [-0.4, -0.2) is 23.4 Å². The maximum atomic E-state index is 11.2. The van der Waals surface area contributed by atoms with Gasteiger partial charge in [0, 0.05) is 6.92 Å². The zero-order valence-corrected chi connectivity index (χ0v) is 17.8. The summed E-state index contributed by atoms with van der Waals surface area (Å²) in [6, 6.07) is 15.5. The van der Waals surface area contributed by atoms with Crippen LogP contribution in [-0.2, 0) is 4.79 Å². The van der Waals surface area contributed by atoms with Gasteiger partial charge in [0.25, 0.3) is 0 Å². The van der Waals surface area contributed by atoms with Gasteiger partial charge in [-0.3, -0.25) is 21.1 Å². The lowest BCUT2D eigenvalue weighted by atomic mass is 10.1. The van der Waals surface area contributed by atoms with Crippen molar-refractivity contribution in [3.63, 3.8) is 0 Å². The average molecular weight is 436 g/mol. The van der Waals surface area contributed by atoms with Crippen LogP contribution < -0.4 is 25.8 Å². The zero-order valence-electron chi connectivity index (χ0n) is 17.0. The second-order valence-electron chi connectivity index (χ2n) is 6.66. The van der Waals surface area contributed by atoms with Gasteiger partial charge < -0.3 is 9.47 Å². The highest BCUT2D eigenvalue weighted by Gasteiger charge is 2.14. The molecule has 0 saturated carbocycles. The molecule has 0 spiro atoms. The number of hydrazine groups is 1. The number of benzene rings is 2. The van der Waals surface area contributed by atoms with E-state index in [1.807, 2.05) is 67.6 Å². The third-order valence-electron chi connectivity index (χ3n) is 4.28. The van der Waals surface area contributed by atoms with E-state index in [4.69, 9.17) is 9.47 Å². The first-order valence-electron chi connectivity index (χ1n) is 9.55. The number of fused-ring (bicyclic) bond motifs is 1. The lowest BCUT2D eigenvalue weighted by Gasteiger charge is -2.04. The number of carbonyl (C=O) groups excluding carboxylic acids is 1. The number of ether oxygens (including phenoxy) is 2. The summed E-state index contributed by atoms with van der Waals surface area (Å²) < 4.78 is 10.8. The van der Waals surface area contributed by atoms with Crippen LogP contribution in [0.2, 0.25) is 0 Å². The van der Waals surface area contributed by atoms with Gasteiger partial charge in [0.1, 0.15) is 5.71 Å². The number of nitrogens with zero attached hydrogens (tertiary/aromatic N) is 2. The van der Waals surface area contributed by atoms with Crippen molar-refractivity contribution in [2.45, 2.75) is 13.8 Å². The third kappa shape index (κ3) is 5.20. The van der Waals surface area contributed by atoms with Crippen LogP contribution in [0.4, 0.5) is 10.8 Å². The normalized spacial score (nSPS) is 12.8. The van der Waals surface area contributed by atoms with Crippen LogP contribution >= 0.6 is 11.3 Å². The molecule has 1 aliphatic heterocycles. The van der Waals surface area contributed by atoms with Gasteiger partial charge in [0.2, 0.25) is 17.8 Å². The molecule has 0 atom stereocenters. The highest BCUT2D eigenvalue weighted by Crippen LogP contribution is 2.33. The number of allylic oxidation sites excluding steroid dienone is 1. The van der Waals surface area contributed by atoms with E-state index in [0.717, 1.165) is 33.3 Å². The summed E-state index contributed by atoms with van der Waals surface area (Å²) in [7, 11) is 0.